The number of rotatable bonds is 2. The van der Waals surface area contributed by atoms with E-state index in [0.717, 1.165) is 24.0 Å². The van der Waals surface area contributed by atoms with E-state index in [9.17, 15) is 4.79 Å². The van der Waals surface area contributed by atoms with E-state index in [-0.39, 0.29) is 5.97 Å². The Bertz CT molecular complexity index is 478. The summed E-state index contributed by atoms with van der Waals surface area (Å²) in [5.41, 5.74) is 3.20. The van der Waals surface area contributed by atoms with Crippen LogP contribution in [-0.2, 0) is 4.79 Å². The normalized spacial score (nSPS) is 14.9. The van der Waals surface area contributed by atoms with Gasteiger partial charge in [-0.15, -0.1) is 0 Å². The lowest BCUT2D eigenvalue weighted by molar-refractivity contribution is -0.130. The summed E-state index contributed by atoms with van der Waals surface area (Å²) in [6.07, 6.45) is 5.55. The second kappa shape index (κ2) is 5.00. The first-order chi connectivity index (χ1) is 8.15. The van der Waals surface area contributed by atoms with Gasteiger partial charge in [0.2, 0.25) is 0 Å². The van der Waals surface area contributed by atoms with Gasteiger partial charge in [-0.3, -0.25) is 0 Å². The van der Waals surface area contributed by atoms with Crippen LogP contribution in [-0.4, -0.2) is 5.97 Å². The zero-order chi connectivity index (χ0) is 12.3. The summed E-state index contributed by atoms with van der Waals surface area (Å²) in [6.45, 7) is 4.07. The number of esters is 1. The molecule has 0 unspecified atom stereocenters. The third-order valence-corrected chi connectivity index (χ3v) is 2.85. The van der Waals surface area contributed by atoms with Crippen molar-refractivity contribution in [1.29, 1.82) is 0 Å². The van der Waals surface area contributed by atoms with Crippen molar-refractivity contribution < 1.29 is 9.53 Å². The first kappa shape index (κ1) is 11.6. The third-order valence-electron chi connectivity index (χ3n) is 2.85. The molecule has 0 spiro atoms. The van der Waals surface area contributed by atoms with Crippen LogP contribution in [0, 0.1) is 6.92 Å². The minimum atomic E-state index is -0.238. The summed E-state index contributed by atoms with van der Waals surface area (Å²) in [6, 6.07) is 7.50. The van der Waals surface area contributed by atoms with E-state index >= 15 is 0 Å². The van der Waals surface area contributed by atoms with E-state index in [0.29, 0.717) is 5.75 Å². The van der Waals surface area contributed by atoms with Crippen LogP contribution in [0.1, 0.15) is 25.3 Å². The predicted octanol–water partition coefficient (Wildman–Crippen LogP) is 3.57. The number of hydrogen-bond donors (Lipinski definition) is 0. The number of hydrogen-bond acceptors (Lipinski definition) is 2. The van der Waals surface area contributed by atoms with Crippen LogP contribution in [0.3, 0.4) is 0 Å². The molecule has 1 aromatic rings. The minimum Gasteiger partial charge on any atom is -0.423 e. The van der Waals surface area contributed by atoms with Gasteiger partial charge in [0.05, 0.1) is 0 Å². The second-order valence-electron chi connectivity index (χ2n) is 4.41. The number of aryl methyl sites for hydroxylation is 1. The Morgan fingerprint density at radius 2 is 1.76 bits per heavy atom. The van der Waals surface area contributed by atoms with Gasteiger partial charge in [0.1, 0.15) is 5.75 Å². The summed E-state index contributed by atoms with van der Waals surface area (Å²) in [7, 11) is 0. The fourth-order valence-electron chi connectivity index (χ4n) is 1.69. The lowest BCUT2D eigenvalue weighted by Gasteiger charge is -2.11. The van der Waals surface area contributed by atoms with Crippen molar-refractivity contribution in [3.63, 3.8) is 0 Å². The highest BCUT2D eigenvalue weighted by Gasteiger charge is 2.13. The highest BCUT2D eigenvalue weighted by molar-refractivity contribution is 5.90. The molecular formula is C15H16O2. The van der Waals surface area contributed by atoms with E-state index in [4.69, 9.17) is 4.74 Å². The van der Waals surface area contributed by atoms with E-state index < -0.39 is 0 Å². The Labute approximate surface area is 102 Å². The van der Waals surface area contributed by atoms with E-state index in [1.807, 2.05) is 43.3 Å². The summed E-state index contributed by atoms with van der Waals surface area (Å²) in [5.74, 6) is 0.366. The lowest BCUT2D eigenvalue weighted by atomic mass is 10.00. The zero-order valence-corrected chi connectivity index (χ0v) is 10.2. The van der Waals surface area contributed by atoms with Crippen molar-refractivity contribution >= 4 is 5.97 Å². The lowest BCUT2D eigenvalue weighted by Crippen LogP contribution is -2.12. The molecule has 0 aromatic heterocycles. The van der Waals surface area contributed by atoms with Crippen molar-refractivity contribution in [1.82, 2.24) is 0 Å². The molecule has 0 saturated carbocycles. The molecule has 0 saturated heterocycles. The molecule has 17 heavy (non-hydrogen) atoms. The number of ether oxygens (including phenoxy) is 1. The van der Waals surface area contributed by atoms with Gasteiger partial charge in [-0.05, 0) is 38.8 Å². The highest BCUT2D eigenvalue weighted by atomic mass is 16.5. The molecule has 1 aromatic carbocycles. The van der Waals surface area contributed by atoms with E-state index in [2.05, 4.69) is 6.92 Å². The highest BCUT2D eigenvalue weighted by Crippen LogP contribution is 2.20. The molecule has 0 N–H and O–H groups in total. The molecule has 88 valence electrons. The van der Waals surface area contributed by atoms with Gasteiger partial charge >= 0.3 is 5.97 Å². The Balaban J connectivity index is 2.05. The van der Waals surface area contributed by atoms with Gasteiger partial charge in [-0.1, -0.05) is 35.4 Å². The largest absolute Gasteiger partial charge is 0.423 e. The molecule has 2 nitrogen and oxygen atoms in total. The van der Waals surface area contributed by atoms with Gasteiger partial charge in [0.25, 0.3) is 0 Å². The second-order valence-corrected chi connectivity index (χ2v) is 4.41. The van der Waals surface area contributed by atoms with Crippen LogP contribution in [0.25, 0.3) is 0 Å². The van der Waals surface area contributed by atoms with Gasteiger partial charge in [-0.25, -0.2) is 4.79 Å². The monoisotopic (exact) mass is 228 g/mol. The molecular weight excluding hydrogens is 212 g/mol. The number of carbonyl (C=O) groups is 1. The molecule has 1 aliphatic carbocycles. The van der Waals surface area contributed by atoms with Gasteiger partial charge in [0, 0.05) is 5.57 Å². The Hall–Kier alpha value is -1.83. The zero-order valence-electron chi connectivity index (χ0n) is 10.2. The molecule has 0 radical (unpaired) electrons. The molecule has 0 amide bonds. The Kier molecular flexibility index (Phi) is 3.43. The van der Waals surface area contributed by atoms with Crippen molar-refractivity contribution in [3.8, 4) is 5.75 Å². The molecule has 1 aliphatic rings. The molecule has 0 aliphatic heterocycles. The van der Waals surface area contributed by atoms with Gasteiger partial charge in [0.15, 0.2) is 0 Å². The summed E-state index contributed by atoms with van der Waals surface area (Å²) < 4.78 is 5.31. The molecule has 2 rings (SSSR count). The average molecular weight is 228 g/mol. The van der Waals surface area contributed by atoms with E-state index in [1.165, 1.54) is 5.57 Å². The van der Waals surface area contributed by atoms with Crippen LogP contribution in [0.2, 0.25) is 0 Å². The average Bonchev–Trinajstić information content (AvgIpc) is 2.33. The van der Waals surface area contributed by atoms with Crippen LogP contribution >= 0.6 is 0 Å². The first-order valence-corrected chi connectivity index (χ1v) is 5.80. The molecule has 0 atom stereocenters. The maximum atomic E-state index is 11.8. The molecule has 0 heterocycles. The van der Waals surface area contributed by atoms with E-state index in [1.54, 1.807) is 0 Å². The van der Waals surface area contributed by atoms with Gasteiger partial charge < -0.3 is 4.74 Å². The first-order valence-electron chi connectivity index (χ1n) is 5.80. The standard InChI is InChI=1S/C15H16O2/c1-11-3-7-13(8-4-11)15(16)17-14-9-5-12(2)6-10-14/h3,5-7,9-10H,4,8H2,1-2H3. The topological polar surface area (TPSA) is 26.3 Å². The Morgan fingerprint density at radius 3 is 2.35 bits per heavy atom. The third kappa shape index (κ3) is 3.06. The molecule has 0 fully saturated rings. The fourth-order valence-corrected chi connectivity index (χ4v) is 1.69. The summed E-state index contributed by atoms with van der Waals surface area (Å²) in [5, 5.41) is 0. The van der Waals surface area contributed by atoms with Crippen LogP contribution in [0.4, 0.5) is 0 Å². The minimum absolute atomic E-state index is 0.238. The fraction of sp³-hybridized carbons (Fsp3) is 0.267. The van der Waals surface area contributed by atoms with Crippen molar-refractivity contribution in [3.05, 3.63) is 53.1 Å². The number of carbonyl (C=O) groups excluding carboxylic acids is 1. The smallest absolute Gasteiger partial charge is 0.339 e. The maximum Gasteiger partial charge on any atom is 0.339 e. The summed E-state index contributed by atoms with van der Waals surface area (Å²) >= 11 is 0. The summed E-state index contributed by atoms with van der Waals surface area (Å²) in [4.78, 5) is 11.8. The SMILES string of the molecule is CC1=CC=C(C(=O)Oc2ccc(C)cc2)CC1. The van der Waals surface area contributed by atoms with Crippen LogP contribution in [0.15, 0.2) is 47.6 Å². The predicted molar refractivity (Wildman–Crippen MR) is 67.9 cm³/mol. The van der Waals surface area contributed by atoms with Crippen molar-refractivity contribution in [2.24, 2.45) is 0 Å². The van der Waals surface area contributed by atoms with Crippen molar-refractivity contribution in [2.45, 2.75) is 26.7 Å². The van der Waals surface area contributed by atoms with Crippen molar-refractivity contribution in [2.75, 3.05) is 0 Å². The van der Waals surface area contributed by atoms with Gasteiger partial charge in [-0.2, -0.15) is 0 Å². The van der Waals surface area contributed by atoms with Crippen LogP contribution < -0.4 is 4.74 Å². The molecule has 0 bridgehead atoms. The Morgan fingerprint density at radius 1 is 1.06 bits per heavy atom. The molecule has 2 heteroatoms. The maximum absolute atomic E-state index is 11.8. The number of allylic oxidation sites excluding steroid dienone is 3. The van der Waals surface area contributed by atoms with Crippen LogP contribution in [0.5, 0.6) is 5.75 Å². The number of benzene rings is 1. The quantitative estimate of drug-likeness (QED) is 0.571.